The van der Waals surface area contributed by atoms with Crippen LogP contribution in [0.25, 0.3) is 0 Å². The number of carbonyl (C=O) groups excluding carboxylic acids is 1. The van der Waals surface area contributed by atoms with Crippen molar-refractivity contribution < 1.29 is 25.2 Å². The zero-order valence-electron chi connectivity index (χ0n) is 11.6. The minimum absolute atomic E-state index is 0.0493. The Balaban J connectivity index is 2.56. The van der Waals surface area contributed by atoms with Crippen LogP contribution in [0.4, 0.5) is 0 Å². The zero-order valence-corrected chi connectivity index (χ0v) is 11.6. The highest BCUT2D eigenvalue weighted by atomic mass is 16.4. The van der Waals surface area contributed by atoms with Gasteiger partial charge in [-0.1, -0.05) is 20.8 Å². The Labute approximate surface area is 112 Å². The molecule has 6 nitrogen and oxygen atoms in total. The molecule has 5 N–H and O–H groups in total. The molecule has 2 rings (SSSR count). The SMILES string of the molecule is CC(C)(C)C12C[C@@](CO)(CC(=O)N1)[C@@H](O)[C@H](O)[C@H]2O. The van der Waals surface area contributed by atoms with E-state index in [1.54, 1.807) is 0 Å². The first-order valence-corrected chi connectivity index (χ1v) is 6.56. The van der Waals surface area contributed by atoms with Crippen LogP contribution in [0.5, 0.6) is 0 Å². The van der Waals surface area contributed by atoms with Crippen LogP contribution in [0, 0.1) is 10.8 Å². The number of aliphatic hydroxyl groups is 4. The lowest BCUT2D eigenvalue weighted by molar-refractivity contribution is -0.228. The summed E-state index contributed by atoms with van der Waals surface area (Å²) in [4.78, 5) is 12.0. The lowest BCUT2D eigenvalue weighted by Gasteiger charge is -2.62. The summed E-state index contributed by atoms with van der Waals surface area (Å²) in [6.07, 6.45) is -3.78. The average molecular weight is 273 g/mol. The first-order valence-electron chi connectivity index (χ1n) is 6.56. The van der Waals surface area contributed by atoms with Crippen LogP contribution in [0.3, 0.4) is 0 Å². The van der Waals surface area contributed by atoms with Crippen molar-refractivity contribution in [2.24, 2.45) is 10.8 Å². The molecule has 1 aliphatic carbocycles. The number of carbonyl (C=O) groups is 1. The highest BCUT2D eigenvalue weighted by molar-refractivity contribution is 5.79. The molecule has 1 saturated heterocycles. The molecule has 1 unspecified atom stereocenters. The maximum atomic E-state index is 12.0. The third-order valence-corrected chi connectivity index (χ3v) is 4.94. The summed E-state index contributed by atoms with van der Waals surface area (Å²) < 4.78 is 0. The van der Waals surface area contributed by atoms with Gasteiger partial charge in [0, 0.05) is 11.8 Å². The molecule has 5 atom stereocenters. The van der Waals surface area contributed by atoms with Crippen molar-refractivity contribution in [3.05, 3.63) is 0 Å². The van der Waals surface area contributed by atoms with Gasteiger partial charge in [-0.2, -0.15) is 0 Å². The van der Waals surface area contributed by atoms with Gasteiger partial charge in [0.05, 0.1) is 18.2 Å². The summed E-state index contributed by atoms with van der Waals surface area (Å²) in [5, 5.41) is 43.0. The molecule has 110 valence electrons. The number of aliphatic hydroxyl groups excluding tert-OH is 4. The molecule has 0 radical (unpaired) electrons. The second kappa shape index (κ2) is 4.15. The van der Waals surface area contributed by atoms with Crippen molar-refractivity contribution in [3.8, 4) is 0 Å². The summed E-state index contributed by atoms with van der Waals surface area (Å²) in [7, 11) is 0. The lowest BCUT2D eigenvalue weighted by Crippen LogP contribution is -2.78. The summed E-state index contributed by atoms with van der Waals surface area (Å²) >= 11 is 0. The number of piperidine rings is 1. The Bertz CT molecular complexity index is 393. The van der Waals surface area contributed by atoms with Crippen molar-refractivity contribution in [2.75, 3.05) is 6.61 Å². The smallest absolute Gasteiger partial charge is 0.221 e. The summed E-state index contributed by atoms with van der Waals surface area (Å²) in [6, 6.07) is 0. The van der Waals surface area contributed by atoms with Gasteiger partial charge in [-0.25, -0.2) is 0 Å². The van der Waals surface area contributed by atoms with E-state index in [9.17, 15) is 25.2 Å². The van der Waals surface area contributed by atoms with Crippen LogP contribution in [0.2, 0.25) is 0 Å². The van der Waals surface area contributed by atoms with E-state index in [2.05, 4.69) is 5.32 Å². The van der Waals surface area contributed by atoms with Crippen molar-refractivity contribution in [3.63, 3.8) is 0 Å². The highest BCUT2D eigenvalue weighted by Gasteiger charge is 2.66. The third kappa shape index (κ3) is 1.81. The fourth-order valence-electron chi connectivity index (χ4n) is 3.59. The van der Waals surface area contributed by atoms with Gasteiger partial charge in [0.1, 0.15) is 12.2 Å². The van der Waals surface area contributed by atoms with Crippen LogP contribution in [0.15, 0.2) is 0 Å². The van der Waals surface area contributed by atoms with E-state index in [1.807, 2.05) is 20.8 Å². The van der Waals surface area contributed by atoms with Gasteiger partial charge in [-0.05, 0) is 11.8 Å². The van der Waals surface area contributed by atoms with Crippen LogP contribution >= 0.6 is 0 Å². The summed E-state index contributed by atoms with van der Waals surface area (Å²) in [5.74, 6) is -0.319. The summed E-state index contributed by atoms with van der Waals surface area (Å²) in [6.45, 7) is 5.17. The Morgan fingerprint density at radius 3 is 2.32 bits per heavy atom. The molecular weight excluding hydrogens is 250 g/mol. The minimum atomic E-state index is -1.39. The Morgan fingerprint density at radius 1 is 1.26 bits per heavy atom. The predicted molar refractivity (Wildman–Crippen MR) is 67.1 cm³/mol. The molecule has 1 amide bonds. The lowest BCUT2D eigenvalue weighted by atomic mass is 9.52. The predicted octanol–water partition coefficient (Wildman–Crippen LogP) is -1.24. The fraction of sp³-hybridized carbons (Fsp3) is 0.923. The van der Waals surface area contributed by atoms with E-state index in [1.165, 1.54) is 0 Å². The summed E-state index contributed by atoms with van der Waals surface area (Å²) in [5.41, 5.74) is -2.66. The van der Waals surface area contributed by atoms with E-state index >= 15 is 0 Å². The molecule has 1 heterocycles. The monoisotopic (exact) mass is 273 g/mol. The van der Waals surface area contributed by atoms with Crippen molar-refractivity contribution >= 4 is 5.91 Å². The molecule has 2 bridgehead atoms. The fourth-order valence-corrected chi connectivity index (χ4v) is 3.59. The van der Waals surface area contributed by atoms with Crippen LogP contribution < -0.4 is 5.32 Å². The second-order valence-corrected chi connectivity index (χ2v) is 7.02. The molecule has 6 heteroatoms. The van der Waals surface area contributed by atoms with Crippen LogP contribution in [-0.4, -0.2) is 56.8 Å². The zero-order chi connectivity index (χ0) is 14.6. The van der Waals surface area contributed by atoms with Gasteiger partial charge in [0.25, 0.3) is 0 Å². The standard InChI is InChI=1S/C13H23NO5/c1-11(2,3)13-5-12(6-15,4-7(16)14-13)9(18)8(17)10(13)19/h8-10,15,17-19H,4-6H2,1-3H3,(H,14,16)/t8-,9-,10+,12+,13?/m0/s1. The normalized spacial score (nSPS) is 46.9. The molecule has 0 aromatic carbocycles. The van der Waals surface area contributed by atoms with Crippen LogP contribution in [0.1, 0.15) is 33.6 Å². The first kappa shape index (κ1) is 14.7. The highest BCUT2D eigenvalue weighted by Crippen LogP contribution is 2.53. The number of rotatable bonds is 1. The molecule has 0 aromatic rings. The molecule has 19 heavy (non-hydrogen) atoms. The first-order chi connectivity index (χ1) is 8.59. The molecule has 0 spiro atoms. The van der Waals surface area contributed by atoms with Crippen molar-refractivity contribution in [2.45, 2.75) is 57.5 Å². The quantitative estimate of drug-likeness (QED) is 0.410. The van der Waals surface area contributed by atoms with Crippen molar-refractivity contribution in [1.29, 1.82) is 0 Å². The van der Waals surface area contributed by atoms with Gasteiger partial charge >= 0.3 is 0 Å². The minimum Gasteiger partial charge on any atom is -0.396 e. The Morgan fingerprint density at radius 2 is 1.84 bits per heavy atom. The van der Waals surface area contributed by atoms with Gasteiger partial charge in [0.15, 0.2) is 0 Å². The number of hydrogen-bond donors (Lipinski definition) is 5. The number of fused-ring (bicyclic) bond motifs is 2. The van der Waals surface area contributed by atoms with E-state index in [-0.39, 0.29) is 18.7 Å². The molecule has 2 fully saturated rings. The Hall–Kier alpha value is -0.690. The molecule has 1 aliphatic heterocycles. The molecular formula is C13H23NO5. The second-order valence-electron chi connectivity index (χ2n) is 7.02. The van der Waals surface area contributed by atoms with E-state index in [0.29, 0.717) is 0 Å². The molecule has 1 saturated carbocycles. The Kier molecular flexibility index (Phi) is 3.21. The van der Waals surface area contributed by atoms with Gasteiger partial charge in [-0.15, -0.1) is 0 Å². The van der Waals surface area contributed by atoms with E-state index < -0.39 is 41.3 Å². The molecule has 2 aliphatic rings. The number of hydrogen-bond acceptors (Lipinski definition) is 5. The van der Waals surface area contributed by atoms with Crippen molar-refractivity contribution in [1.82, 2.24) is 5.32 Å². The van der Waals surface area contributed by atoms with E-state index in [4.69, 9.17) is 0 Å². The van der Waals surface area contributed by atoms with E-state index in [0.717, 1.165) is 0 Å². The number of amides is 1. The van der Waals surface area contributed by atoms with Gasteiger partial charge in [0.2, 0.25) is 5.91 Å². The third-order valence-electron chi connectivity index (χ3n) is 4.94. The van der Waals surface area contributed by atoms with Gasteiger partial charge in [-0.3, -0.25) is 4.79 Å². The van der Waals surface area contributed by atoms with Crippen LogP contribution in [-0.2, 0) is 4.79 Å². The maximum absolute atomic E-state index is 12.0. The molecule has 0 aromatic heterocycles. The largest absolute Gasteiger partial charge is 0.396 e. The maximum Gasteiger partial charge on any atom is 0.221 e. The van der Waals surface area contributed by atoms with Gasteiger partial charge < -0.3 is 25.7 Å². The number of nitrogens with one attached hydrogen (secondary N) is 1. The topological polar surface area (TPSA) is 110 Å². The average Bonchev–Trinajstić information content (AvgIpc) is 2.32.